The second-order valence-electron chi connectivity index (χ2n) is 17.7. The zero-order valence-corrected chi connectivity index (χ0v) is 41.9. The van der Waals surface area contributed by atoms with E-state index in [1.54, 1.807) is 0 Å². The fourth-order valence-electron chi connectivity index (χ4n) is 7.65. The fraction of sp³-hybridized carbons (Fsp3) is 0.837. The third-order valence-corrected chi connectivity index (χ3v) is 12.6. The first-order chi connectivity index (χ1) is 32.0. The molecule has 0 fully saturated rings. The summed E-state index contributed by atoms with van der Waals surface area (Å²) in [5.74, 6) is -0.878. The maximum atomic E-state index is 12.8. The molecule has 0 amide bonds. The predicted octanol–water partition coefficient (Wildman–Crippen LogP) is 13.6. The standard InChI is InChI=1S/C49H89N4O12P/c1-3-5-7-9-11-13-15-17-19-21-23-25-29-33-48(54)62-42-45(65-49(55)34-30-26-24-22-20-18-16-14-12-10-8-6-4-2)43-64-66(60,61)63-40-39-50-37-31-27-28-32-38-51-46-36-35-44(52(56)57)41-47(46)53(58)59/h35-36,41,45,50-51H,3-34,37-40,42-43H2,1-2H3,(H,60,61). The molecule has 0 aliphatic carbocycles. The molecule has 1 rings (SSSR count). The van der Waals surface area contributed by atoms with Crippen LogP contribution in [0.1, 0.15) is 219 Å². The number of hydrogen-bond donors (Lipinski definition) is 3. The zero-order chi connectivity index (χ0) is 48.4. The molecule has 17 heteroatoms. The lowest BCUT2D eigenvalue weighted by Gasteiger charge is -2.20. The van der Waals surface area contributed by atoms with Crippen LogP contribution in [0, 0.1) is 20.2 Å². The number of anilines is 1. The monoisotopic (exact) mass is 957 g/mol. The topological polar surface area (TPSA) is 219 Å². The van der Waals surface area contributed by atoms with E-state index >= 15 is 0 Å². The van der Waals surface area contributed by atoms with Crippen LogP contribution in [0.25, 0.3) is 0 Å². The van der Waals surface area contributed by atoms with Crippen molar-refractivity contribution in [3.8, 4) is 0 Å². The van der Waals surface area contributed by atoms with Gasteiger partial charge in [-0.25, -0.2) is 4.57 Å². The predicted molar refractivity (Wildman–Crippen MR) is 263 cm³/mol. The normalized spacial score (nSPS) is 12.7. The van der Waals surface area contributed by atoms with E-state index in [1.165, 1.54) is 128 Å². The van der Waals surface area contributed by atoms with Crippen LogP contribution in [0.4, 0.5) is 17.1 Å². The van der Waals surface area contributed by atoms with E-state index < -0.39 is 42.3 Å². The molecule has 382 valence electrons. The molecule has 0 aromatic heterocycles. The Hall–Kier alpha value is -3.17. The van der Waals surface area contributed by atoms with Crippen molar-refractivity contribution >= 4 is 36.8 Å². The van der Waals surface area contributed by atoms with Gasteiger partial charge in [0.05, 0.1) is 29.1 Å². The Balaban J connectivity index is 2.37. The molecule has 0 saturated carbocycles. The number of carbonyl (C=O) groups excluding carboxylic acids is 2. The fourth-order valence-corrected chi connectivity index (χ4v) is 8.40. The summed E-state index contributed by atoms with van der Waals surface area (Å²) in [5, 5.41) is 28.4. The van der Waals surface area contributed by atoms with Gasteiger partial charge in [0.1, 0.15) is 12.3 Å². The number of rotatable bonds is 48. The van der Waals surface area contributed by atoms with Crippen LogP contribution in [-0.4, -0.2) is 72.2 Å². The van der Waals surface area contributed by atoms with Crippen molar-refractivity contribution in [3.05, 3.63) is 38.4 Å². The Morgan fingerprint density at radius 2 is 1.05 bits per heavy atom. The molecule has 0 radical (unpaired) electrons. The number of phosphoric acid groups is 1. The Labute approximate surface area is 397 Å². The van der Waals surface area contributed by atoms with Crippen LogP contribution >= 0.6 is 7.82 Å². The van der Waals surface area contributed by atoms with E-state index in [4.69, 9.17) is 18.5 Å². The average Bonchev–Trinajstić information content (AvgIpc) is 3.29. The zero-order valence-electron chi connectivity index (χ0n) is 41.0. The van der Waals surface area contributed by atoms with Crippen molar-refractivity contribution < 1.29 is 47.4 Å². The summed E-state index contributed by atoms with van der Waals surface area (Å²) >= 11 is 0. The minimum atomic E-state index is -4.50. The van der Waals surface area contributed by atoms with Crippen molar-refractivity contribution in [2.45, 2.75) is 225 Å². The molecule has 2 atom stereocenters. The molecular formula is C49H89N4O12P. The Kier molecular flexibility index (Phi) is 38.7. The van der Waals surface area contributed by atoms with Crippen LogP contribution in [0.3, 0.4) is 0 Å². The Morgan fingerprint density at radius 3 is 1.53 bits per heavy atom. The first-order valence-corrected chi connectivity index (χ1v) is 27.3. The summed E-state index contributed by atoms with van der Waals surface area (Å²) in [6, 6.07) is 3.51. The smallest absolute Gasteiger partial charge is 0.462 e. The summed E-state index contributed by atoms with van der Waals surface area (Å²) in [6.45, 7) is 5.00. The molecule has 2 unspecified atom stereocenters. The minimum Gasteiger partial charge on any atom is -0.462 e. The van der Waals surface area contributed by atoms with E-state index in [1.807, 2.05) is 0 Å². The van der Waals surface area contributed by atoms with Gasteiger partial charge in [-0.2, -0.15) is 0 Å². The Bertz CT molecular complexity index is 1460. The average molecular weight is 957 g/mol. The largest absolute Gasteiger partial charge is 0.472 e. The number of ether oxygens (including phenoxy) is 2. The second kappa shape index (κ2) is 42.0. The van der Waals surface area contributed by atoms with Crippen LogP contribution < -0.4 is 10.6 Å². The SMILES string of the molecule is CCCCCCCCCCCCCCCC(=O)OCC(COP(=O)(O)OCCNCCCCCCNc1ccc([N+](=O)[O-])cc1[N+](=O)[O-])OC(=O)CCCCCCCCCCCCCCC. The highest BCUT2D eigenvalue weighted by Gasteiger charge is 2.26. The highest BCUT2D eigenvalue weighted by Crippen LogP contribution is 2.43. The lowest BCUT2D eigenvalue weighted by Crippen LogP contribution is -2.29. The number of phosphoric ester groups is 1. The van der Waals surface area contributed by atoms with Gasteiger partial charge in [-0.1, -0.05) is 181 Å². The molecule has 3 N–H and O–H groups in total. The van der Waals surface area contributed by atoms with Crippen molar-refractivity contribution in [1.82, 2.24) is 5.32 Å². The third-order valence-electron chi connectivity index (χ3n) is 11.6. The van der Waals surface area contributed by atoms with Gasteiger partial charge in [0.2, 0.25) is 0 Å². The lowest BCUT2D eigenvalue weighted by atomic mass is 10.0. The molecule has 1 aromatic rings. The molecule has 0 heterocycles. The van der Waals surface area contributed by atoms with E-state index in [0.717, 1.165) is 70.3 Å². The molecule has 0 bridgehead atoms. The first kappa shape index (κ1) is 60.8. The Morgan fingerprint density at radius 1 is 0.591 bits per heavy atom. The minimum absolute atomic E-state index is 0.108. The molecular weight excluding hydrogens is 868 g/mol. The summed E-state index contributed by atoms with van der Waals surface area (Å²) in [5.41, 5.74) is -0.456. The number of esters is 2. The van der Waals surface area contributed by atoms with Gasteiger partial charge in [0.25, 0.3) is 11.4 Å². The first-order valence-electron chi connectivity index (χ1n) is 25.8. The number of carbonyl (C=O) groups is 2. The van der Waals surface area contributed by atoms with Crippen LogP contribution in [0.15, 0.2) is 18.2 Å². The summed E-state index contributed by atoms with van der Waals surface area (Å²) in [6.07, 6.45) is 33.7. The summed E-state index contributed by atoms with van der Waals surface area (Å²) in [4.78, 5) is 56.7. The van der Waals surface area contributed by atoms with Crippen LogP contribution in [0.5, 0.6) is 0 Å². The van der Waals surface area contributed by atoms with Gasteiger partial charge < -0.3 is 25.0 Å². The van der Waals surface area contributed by atoms with Gasteiger partial charge in [-0.3, -0.25) is 38.9 Å². The number of nitrogens with one attached hydrogen (secondary N) is 2. The van der Waals surface area contributed by atoms with Crippen molar-refractivity contribution in [1.29, 1.82) is 0 Å². The van der Waals surface area contributed by atoms with Crippen molar-refractivity contribution in [2.75, 3.05) is 44.8 Å². The number of nitrogens with zero attached hydrogens (tertiary/aromatic N) is 2. The van der Waals surface area contributed by atoms with E-state index in [9.17, 15) is 39.3 Å². The maximum Gasteiger partial charge on any atom is 0.472 e. The summed E-state index contributed by atoms with van der Waals surface area (Å²) in [7, 11) is -4.50. The third kappa shape index (κ3) is 35.9. The maximum absolute atomic E-state index is 12.8. The number of unbranched alkanes of at least 4 members (excludes halogenated alkanes) is 27. The van der Waals surface area contributed by atoms with Gasteiger partial charge in [0.15, 0.2) is 6.10 Å². The number of nitro benzene ring substituents is 2. The molecule has 0 spiro atoms. The van der Waals surface area contributed by atoms with Crippen LogP contribution in [-0.2, 0) is 32.7 Å². The van der Waals surface area contributed by atoms with E-state index in [2.05, 4.69) is 24.5 Å². The van der Waals surface area contributed by atoms with E-state index in [0.29, 0.717) is 25.9 Å². The van der Waals surface area contributed by atoms with Crippen molar-refractivity contribution in [3.63, 3.8) is 0 Å². The highest BCUT2D eigenvalue weighted by molar-refractivity contribution is 7.47. The van der Waals surface area contributed by atoms with Gasteiger partial charge in [-0.05, 0) is 38.3 Å². The molecule has 1 aromatic carbocycles. The quantitative estimate of drug-likeness (QED) is 0.0182. The molecule has 0 aliphatic rings. The van der Waals surface area contributed by atoms with Crippen molar-refractivity contribution in [2.24, 2.45) is 0 Å². The van der Waals surface area contributed by atoms with Gasteiger partial charge >= 0.3 is 19.8 Å². The van der Waals surface area contributed by atoms with E-state index in [-0.39, 0.29) is 49.7 Å². The van der Waals surface area contributed by atoms with Gasteiger partial charge in [-0.15, -0.1) is 0 Å². The van der Waals surface area contributed by atoms with Crippen LogP contribution in [0.2, 0.25) is 0 Å². The molecule has 0 saturated heterocycles. The lowest BCUT2D eigenvalue weighted by molar-refractivity contribution is -0.393. The number of benzene rings is 1. The summed E-state index contributed by atoms with van der Waals surface area (Å²) < 4.78 is 34.1. The molecule has 0 aliphatic heterocycles. The molecule has 66 heavy (non-hydrogen) atoms. The highest BCUT2D eigenvalue weighted by atomic mass is 31.2. The second-order valence-corrected chi connectivity index (χ2v) is 19.1. The number of non-ortho nitro benzene ring substituents is 1. The molecule has 16 nitrogen and oxygen atoms in total. The van der Waals surface area contributed by atoms with Gasteiger partial charge in [0, 0.05) is 32.0 Å². The number of hydrogen-bond acceptors (Lipinski definition) is 13. The number of nitro groups is 2.